The number of halogens is 3. The van der Waals surface area contributed by atoms with Gasteiger partial charge in [0.25, 0.3) is 5.69 Å². The average Bonchev–Trinajstić information content (AvgIpc) is 2.52. The number of carbonyl (C=O) groups excluding carboxylic acids is 1. The Morgan fingerprint density at radius 1 is 1.46 bits per heavy atom. The minimum atomic E-state index is -4.67. The minimum Gasteiger partial charge on any atom is -0.379 e. The molecule has 0 saturated heterocycles. The number of carbonyl (C=O) groups is 1. The van der Waals surface area contributed by atoms with Crippen LogP contribution in [0.1, 0.15) is 18.9 Å². The van der Waals surface area contributed by atoms with E-state index in [0.717, 1.165) is 12.1 Å². The number of anilines is 1. The predicted molar refractivity (Wildman–Crippen MR) is 82.5 cm³/mol. The van der Waals surface area contributed by atoms with E-state index in [1.165, 1.54) is 4.90 Å². The largest absolute Gasteiger partial charge is 0.416 e. The molecule has 0 aromatic heterocycles. The van der Waals surface area contributed by atoms with Crippen molar-refractivity contribution in [3.63, 3.8) is 0 Å². The van der Waals surface area contributed by atoms with Crippen LogP contribution in [0.2, 0.25) is 0 Å². The number of nitrogens with one attached hydrogen (secondary N) is 1. The molecule has 0 spiro atoms. The van der Waals surface area contributed by atoms with Crippen molar-refractivity contribution in [1.82, 2.24) is 4.90 Å². The van der Waals surface area contributed by atoms with E-state index in [9.17, 15) is 28.1 Å². The van der Waals surface area contributed by atoms with Crippen molar-refractivity contribution in [3.8, 4) is 0 Å². The quantitative estimate of drug-likeness (QED) is 0.581. The Labute approximate surface area is 136 Å². The molecular formula is C14H19F3N4O3. The number of likely N-dealkylation sites (N-methyl/N-ethyl adjacent to an activating group) is 1. The summed E-state index contributed by atoms with van der Waals surface area (Å²) in [5, 5.41) is 13.6. The maximum atomic E-state index is 12.6. The molecule has 0 aliphatic carbocycles. The van der Waals surface area contributed by atoms with E-state index in [-0.39, 0.29) is 30.6 Å². The summed E-state index contributed by atoms with van der Waals surface area (Å²) in [6.45, 7) is 2.11. The third-order valence-corrected chi connectivity index (χ3v) is 3.57. The van der Waals surface area contributed by atoms with Crippen LogP contribution in [-0.2, 0) is 11.0 Å². The summed E-state index contributed by atoms with van der Waals surface area (Å²) in [7, 11) is 1.58. The van der Waals surface area contributed by atoms with Gasteiger partial charge in [-0.2, -0.15) is 13.2 Å². The van der Waals surface area contributed by atoms with Crippen LogP contribution in [0.15, 0.2) is 18.2 Å². The number of benzene rings is 1. The van der Waals surface area contributed by atoms with Crippen LogP contribution in [0, 0.1) is 10.1 Å². The number of nitro benzene ring substituents is 1. The van der Waals surface area contributed by atoms with Crippen molar-refractivity contribution in [3.05, 3.63) is 33.9 Å². The van der Waals surface area contributed by atoms with Crippen LogP contribution in [0.3, 0.4) is 0 Å². The fraction of sp³-hybridized carbons (Fsp3) is 0.500. The number of hydrogen-bond acceptors (Lipinski definition) is 5. The minimum absolute atomic E-state index is 0.0268. The molecule has 1 aromatic rings. The molecule has 0 aliphatic rings. The van der Waals surface area contributed by atoms with Gasteiger partial charge in [-0.25, -0.2) is 0 Å². The topological polar surface area (TPSA) is 102 Å². The highest BCUT2D eigenvalue weighted by Crippen LogP contribution is 2.34. The first-order valence-electron chi connectivity index (χ1n) is 7.13. The van der Waals surface area contributed by atoms with E-state index in [2.05, 4.69) is 5.32 Å². The number of nitrogens with two attached hydrogens (primary N) is 1. The maximum absolute atomic E-state index is 12.6. The summed E-state index contributed by atoms with van der Waals surface area (Å²) in [5.74, 6) is -0.227. The number of hydrogen-bond donors (Lipinski definition) is 2. The molecule has 1 unspecified atom stereocenters. The zero-order valence-corrected chi connectivity index (χ0v) is 13.3. The highest BCUT2D eigenvalue weighted by atomic mass is 19.4. The molecule has 0 radical (unpaired) electrons. The Kier molecular flexibility index (Phi) is 6.52. The predicted octanol–water partition coefficient (Wildman–Crippen LogP) is 2.22. The fourth-order valence-corrected chi connectivity index (χ4v) is 1.89. The van der Waals surface area contributed by atoms with Crippen molar-refractivity contribution < 1.29 is 22.9 Å². The van der Waals surface area contributed by atoms with Crippen molar-refractivity contribution in [2.75, 3.05) is 25.5 Å². The van der Waals surface area contributed by atoms with Gasteiger partial charge in [-0.3, -0.25) is 14.9 Å². The van der Waals surface area contributed by atoms with E-state index < -0.39 is 22.4 Å². The Hall–Kier alpha value is -2.36. The van der Waals surface area contributed by atoms with E-state index in [0.29, 0.717) is 12.6 Å². The second-order valence-electron chi connectivity index (χ2n) is 5.25. The summed E-state index contributed by atoms with van der Waals surface area (Å²) in [6, 6.07) is 2.04. The molecule has 0 saturated carbocycles. The zero-order valence-electron chi connectivity index (χ0n) is 13.3. The molecule has 1 aromatic carbocycles. The summed E-state index contributed by atoms with van der Waals surface area (Å²) >= 11 is 0. The van der Waals surface area contributed by atoms with Gasteiger partial charge in [0.1, 0.15) is 5.69 Å². The monoisotopic (exact) mass is 348 g/mol. The van der Waals surface area contributed by atoms with Crippen molar-refractivity contribution in [2.45, 2.75) is 25.6 Å². The molecular weight excluding hydrogens is 329 g/mol. The molecule has 1 atom stereocenters. The van der Waals surface area contributed by atoms with Crippen LogP contribution in [0.5, 0.6) is 0 Å². The number of rotatable bonds is 7. The Morgan fingerprint density at radius 3 is 2.58 bits per heavy atom. The first-order chi connectivity index (χ1) is 11.1. The zero-order chi connectivity index (χ0) is 18.5. The third kappa shape index (κ3) is 5.08. The number of nitrogens with zero attached hydrogens (tertiary/aromatic N) is 2. The lowest BCUT2D eigenvalue weighted by molar-refractivity contribution is -0.384. The SMILES string of the molecule is CC(CN)N(C)C(=O)CCNc1ccc(C(F)(F)F)cc1[N+](=O)[O-]. The van der Waals surface area contributed by atoms with Gasteiger partial charge in [0.2, 0.25) is 5.91 Å². The molecule has 134 valence electrons. The lowest BCUT2D eigenvalue weighted by atomic mass is 10.1. The molecule has 0 fully saturated rings. The lowest BCUT2D eigenvalue weighted by Crippen LogP contribution is -2.40. The van der Waals surface area contributed by atoms with Gasteiger partial charge in [-0.15, -0.1) is 0 Å². The van der Waals surface area contributed by atoms with Gasteiger partial charge in [0.15, 0.2) is 0 Å². The van der Waals surface area contributed by atoms with Gasteiger partial charge in [-0.05, 0) is 19.1 Å². The van der Waals surface area contributed by atoms with Crippen molar-refractivity contribution in [1.29, 1.82) is 0 Å². The van der Waals surface area contributed by atoms with Crippen LogP contribution >= 0.6 is 0 Å². The number of nitro groups is 1. The van der Waals surface area contributed by atoms with Crippen LogP contribution in [-0.4, -0.2) is 41.9 Å². The number of alkyl halides is 3. The Balaban J connectivity index is 2.78. The average molecular weight is 348 g/mol. The van der Waals surface area contributed by atoms with E-state index in [1.807, 2.05) is 0 Å². The summed E-state index contributed by atoms with van der Waals surface area (Å²) < 4.78 is 37.8. The molecule has 1 amide bonds. The standard InChI is InChI=1S/C14H19F3N4O3/c1-9(8-18)20(2)13(22)5-6-19-11-4-3-10(14(15,16)17)7-12(11)21(23)24/h3-4,7,9,19H,5-6,8,18H2,1-2H3. The van der Waals surface area contributed by atoms with Crippen LogP contribution < -0.4 is 11.1 Å². The molecule has 24 heavy (non-hydrogen) atoms. The van der Waals surface area contributed by atoms with Crippen LogP contribution in [0.4, 0.5) is 24.5 Å². The van der Waals surface area contributed by atoms with Crippen molar-refractivity contribution in [2.24, 2.45) is 5.73 Å². The van der Waals surface area contributed by atoms with E-state index >= 15 is 0 Å². The summed E-state index contributed by atoms with van der Waals surface area (Å²) in [6.07, 6.45) is -4.64. The van der Waals surface area contributed by atoms with Gasteiger partial charge in [-0.1, -0.05) is 0 Å². The van der Waals surface area contributed by atoms with Gasteiger partial charge in [0, 0.05) is 38.7 Å². The second-order valence-corrected chi connectivity index (χ2v) is 5.25. The van der Waals surface area contributed by atoms with E-state index in [1.54, 1.807) is 14.0 Å². The van der Waals surface area contributed by atoms with Crippen LogP contribution in [0.25, 0.3) is 0 Å². The second kappa shape index (κ2) is 7.95. The molecule has 0 heterocycles. The molecule has 10 heteroatoms. The van der Waals surface area contributed by atoms with Gasteiger partial charge >= 0.3 is 6.18 Å². The molecule has 0 bridgehead atoms. The highest BCUT2D eigenvalue weighted by Gasteiger charge is 2.33. The molecule has 0 aliphatic heterocycles. The Morgan fingerprint density at radius 2 is 2.08 bits per heavy atom. The third-order valence-electron chi connectivity index (χ3n) is 3.57. The first kappa shape index (κ1) is 19.7. The Bertz CT molecular complexity index is 607. The highest BCUT2D eigenvalue weighted by molar-refractivity contribution is 5.77. The van der Waals surface area contributed by atoms with Crippen molar-refractivity contribution >= 4 is 17.3 Å². The molecule has 7 nitrogen and oxygen atoms in total. The smallest absolute Gasteiger partial charge is 0.379 e. The summed E-state index contributed by atoms with van der Waals surface area (Å²) in [4.78, 5) is 23.4. The van der Waals surface area contributed by atoms with E-state index in [4.69, 9.17) is 5.73 Å². The summed E-state index contributed by atoms with van der Waals surface area (Å²) in [5.41, 5.74) is 3.58. The lowest BCUT2D eigenvalue weighted by Gasteiger charge is -2.23. The molecule has 3 N–H and O–H groups in total. The normalized spacial score (nSPS) is 12.6. The van der Waals surface area contributed by atoms with Gasteiger partial charge in [0.05, 0.1) is 10.5 Å². The fourth-order valence-electron chi connectivity index (χ4n) is 1.89. The number of amides is 1. The molecule has 1 rings (SSSR count). The van der Waals surface area contributed by atoms with Gasteiger partial charge < -0.3 is 16.0 Å². The maximum Gasteiger partial charge on any atom is 0.416 e. The first-order valence-corrected chi connectivity index (χ1v) is 7.13.